The van der Waals surface area contributed by atoms with Crippen molar-refractivity contribution < 1.29 is 0 Å². The molecule has 13 heavy (non-hydrogen) atoms. The molecule has 0 amide bonds. The maximum Gasteiger partial charge on any atom is 0.0297 e. The van der Waals surface area contributed by atoms with Crippen LogP contribution >= 0.6 is 15.9 Å². The van der Waals surface area contributed by atoms with Gasteiger partial charge < -0.3 is 5.73 Å². The van der Waals surface area contributed by atoms with Crippen molar-refractivity contribution in [3.63, 3.8) is 0 Å². The Kier molecular flexibility index (Phi) is 2.70. The van der Waals surface area contributed by atoms with Gasteiger partial charge in [-0.25, -0.2) is 0 Å². The summed E-state index contributed by atoms with van der Waals surface area (Å²) in [6.07, 6.45) is 4.85. The second kappa shape index (κ2) is 3.81. The van der Waals surface area contributed by atoms with Crippen LogP contribution in [0, 0.1) is 0 Å². The van der Waals surface area contributed by atoms with E-state index in [2.05, 4.69) is 34.1 Å². The lowest BCUT2D eigenvalue weighted by Crippen LogP contribution is -2.10. The topological polar surface area (TPSA) is 26.0 Å². The highest BCUT2D eigenvalue weighted by Gasteiger charge is 2.14. The fourth-order valence-corrected chi connectivity index (χ4v) is 2.40. The Morgan fingerprint density at radius 1 is 1.31 bits per heavy atom. The summed E-state index contributed by atoms with van der Waals surface area (Å²) < 4.78 is 1.17. The van der Waals surface area contributed by atoms with E-state index in [0.29, 0.717) is 0 Å². The van der Waals surface area contributed by atoms with Crippen LogP contribution in [0.3, 0.4) is 0 Å². The number of halogens is 1. The van der Waals surface area contributed by atoms with Crippen LogP contribution in [0.1, 0.15) is 36.4 Å². The summed E-state index contributed by atoms with van der Waals surface area (Å²) in [4.78, 5) is 0. The zero-order valence-electron chi connectivity index (χ0n) is 7.59. The van der Waals surface area contributed by atoms with Crippen LogP contribution in [0.5, 0.6) is 0 Å². The first-order valence-corrected chi connectivity index (χ1v) is 5.60. The Labute approximate surface area is 87.5 Å². The van der Waals surface area contributed by atoms with Gasteiger partial charge in [0.15, 0.2) is 0 Å². The van der Waals surface area contributed by atoms with E-state index < -0.39 is 0 Å². The summed E-state index contributed by atoms with van der Waals surface area (Å²) in [6, 6.07) is 6.71. The average Bonchev–Trinajstić information content (AvgIpc) is 2.28. The molecule has 1 aliphatic carbocycles. The molecule has 1 aromatic carbocycles. The fourth-order valence-electron chi connectivity index (χ4n) is 1.99. The molecule has 0 saturated carbocycles. The number of nitrogens with two attached hydrogens (primary N) is 1. The third-order valence-electron chi connectivity index (χ3n) is 2.72. The SMILES string of the molecule is N[C@H]1CCCCc2cc(Br)ccc21. The Morgan fingerprint density at radius 3 is 3.00 bits per heavy atom. The van der Waals surface area contributed by atoms with Gasteiger partial charge in [-0.3, -0.25) is 0 Å². The van der Waals surface area contributed by atoms with E-state index in [1.807, 2.05) is 0 Å². The van der Waals surface area contributed by atoms with E-state index in [1.165, 1.54) is 34.9 Å². The van der Waals surface area contributed by atoms with Gasteiger partial charge in [0.25, 0.3) is 0 Å². The van der Waals surface area contributed by atoms with Gasteiger partial charge in [0.1, 0.15) is 0 Å². The molecule has 0 spiro atoms. The zero-order chi connectivity index (χ0) is 9.26. The summed E-state index contributed by atoms with van der Waals surface area (Å²) >= 11 is 3.50. The van der Waals surface area contributed by atoms with Crippen LogP contribution in [0.15, 0.2) is 22.7 Å². The molecule has 0 bridgehead atoms. The molecule has 0 heterocycles. The van der Waals surface area contributed by atoms with E-state index in [-0.39, 0.29) is 6.04 Å². The number of aryl methyl sites for hydroxylation is 1. The highest BCUT2D eigenvalue weighted by atomic mass is 79.9. The smallest absolute Gasteiger partial charge is 0.0297 e. The Morgan fingerprint density at radius 2 is 2.15 bits per heavy atom. The molecular formula is C11H14BrN. The summed E-state index contributed by atoms with van der Waals surface area (Å²) in [5.74, 6) is 0. The van der Waals surface area contributed by atoms with Crippen molar-refractivity contribution in [1.82, 2.24) is 0 Å². The highest BCUT2D eigenvalue weighted by molar-refractivity contribution is 9.10. The molecule has 1 aliphatic rings. The molecule has 1 atom stereocenters. The maximum absolute atomic E-state index is 6.08. The van der Waals surface area contributed by atoms with Gasteiger partial charge in [0.05, 0.1) is 0 Å². The molecule has 0 fully saturated rings. The number of hydrogen-bond donors (Lipinski definition) is 1. The lowest BCUT2D eigenvalue weighted by atomic mass is 10.0. The van der Waals surface area contributed by atoms with Gasteiger partial charge in [0.2, 0.25) is 0 Å². The lowest BCUT2D eigenvalue weighted by molar-refractivity contribution is 0.615. The maximum atomic E-state index is 6.08. The van der Waals surface area contributed by atoms with E-state index in [9.17, 15) is 0 Å². The van der Waals surface area contributed by atoms with Crippen molar-refractivity contribution in [2.45, 2.75) is 31.7 Å². The van der Waals surface area contributed by atoms with E-state index in [0.717, 1.165) is 6.42 Å². The molecule has 2 N–H and O–H groups in total. The van der Waals surface area contributed by atoms with Gasteiger partial charge in [-0.15, -0.1) is 0 Å². The van der Waals surface area contributed by atoms with Crippen LogP contribution in [0.4, 0.5) is 0 Å². The molecule has 2 rings (SSSR count). The number of hydrogen-bond acceptors (Lipinski definition) is 1. The van der Waals surface area contributed by atoms with Crippen molar-refractivity contribution in [3.05, 3.63) is 33.8 Å². The van der Waals surface area contributed by atoms with Crippen LogP contribution in [-0.4, -0.2) is 0 Å². The molecule has 2 heteroatoms. The van der Waals surface area contributed by atoms with Gasteiger partial charge >= 0.3 is 0 Å². The molecule has 0 radical (unpaired) electrons. The standard InChI is InChI=1S/C11H14BrN/c12-9-5-6-10-8(7-9)3-1-2-4-11(10)13/h5-7,11H,1-4,13H2/t11-/m0/s1. The van der Waals surface area contributed by atoms with Gasteiger partial charge in [-0.2, -0.15) is 0 Å². The van der Waals surface area contributed by atoms with E-state index in [4.69, 9.17) is 5.73 Å². The number of fused-ring (bicyclic) bond motifs is 1. The number of benzene rings is 1. The second-order valence-corrected chi connectivity index (χ2v) is 4.61. The quantitative estimate of drug-likeness (QED) is 0.692. The van der Waals surface area contributed by atoms with Crippen LogP contribution in [0.25, 0.3) is 0 Å². The predicted molar refractivity (Wildman–Crippen MR) is 58.6 cm³/mol. The minimum atomic E-state index is 0.255. The molecule has 0 aliphatic heterocycles. The number of rotatable bonds is 0. The lowest BCUT2D eigenvalue weighted by Gasteiger charge is -2.12. The molecule has 0 unspecified atom stereocenters. The molecular weight excluding hydrogens is 226 g/mol. The molecule has 70 valence electrons. The Bertz CT molecular complexity index is 309. The van der Waals surface area contributed by atoms with Crippen LogP contribution < -0.4 is 5.73 Å². The Hall–Kier alpha value is -0.340. The minimum Gasteiger partial charge on any atom is -0.324 e. The van der Waals surface area contributed by atoms with Crippen molar-refractivity contribution in [2.24, 2.45) is 5.73 Å². The summed E-state index contributed by atoms with van der Waals surface area (Å²) in [6.45, 7) is 0. The molecule has 1 nitrogen and oxygen atoms in total. The predicted octanol–water partition coefficient (Wildman–Crippen LogP) is 3.18. The van der Waals surface area contributed by atoms with Crippen LogP contribution in [0.2, 0.25) is 0 Å². The first kappa shape index (κ1) is 9.22. The Balaban J connectivity index is 2.42. The summed E-state index contributed by atoms with van der Waals surface area (Å²) in [7, 11) is 0. The molecule has 1 aromatic rings. The van der Waals surface area contributed by atoms with E-state index in [1.54, 1.807) is 0 Å². The average molecular weight is 240 g/mol. The third-order valence-corrected chi connectivity index (χ3v) is 3.21. The minimum absolute atomic E-state index is 0.255. The summed E-state index contributed by atoms with van der Waals surface area (Å²) in [5, 5.41) is 0. The van der Waals surface area contributed by atoms with Gasteiger partial charge in [0, 0.05) is 10.5 Å². The van der Waals surface area contributed by atoms with Crippen molar-refractivity contribution >= 4 is 15.9 Å². The van der Waals surface area contributed by atoms with Crippen molar-refractivity contribution in [2.75, 3.05) is 0 Å². The monoisotopic (exact) mass is 239 g/mol. The molecule has 0 saturated heterocycles. The zero-order valence-corrected chi connectivity index (χ0v) is 9.18. The largest absolute Gasteiger partial charge is 0.324 e. The first-order valence-electron chi connectivity index (χ1n) is 4.81. The normalized spacial score (nSPS) is 22.2. The second-order valence-electron chi connectivity index (χ2n) is 3.70. The summed E-state index contributed by atoms with van der Waals surface area (Å²) in [5.41, 5.74) is 8.86. The fraction of sp³-hybridized carbons (Fsp3) is 0.455. The van der Waals surface area contributed by atoms with Crippen molar-refractivity contribution in [1.29, 1.82) is 0 Å². The molecule has 0 aromatic heterocycles. The van der Waals surface area contributed by atoms with Gasteiger partial charge in [-0.1, -0.05) is 28.4 Å². The first-order chi connectivity index (χ1) is 6.27. The highest BCUT2D eigenvalue weighted by Crippen LogP contribution is 2.28. The van der Waals surface area contributed by atoms with Crippen LogP contribution in [-0.2, 0) is 6.42 Å². The van der Waals surface area contributed by atoms with Gasteiger partial charge in [-0.05, 0) is 42.5 Å². The van der Waals surface area contributed by atoms with Crippen molar-refractivity contribution in [3.8, 4) is 0 Å². The third kappa shape index (κ3) is 1.94. The van der Waals surface area contributed by atoms with E-state index >= 15 is 0 Å².